The summed E-state index contributed by atoms with van der Waals surface area (Å²) >= 11 is 1.75. The molecule has 0 radical (unpaired) electrons. The van der Waals surface area contributed by atoms with Crippen molar-refractivity contribution in [3.05, 3.63) is 15.9 Å². The highest BCUT2D eigenvalue weighted by atomic mass is 32.1. The lowest BCUT2D eigenvalue weighted by molar-refractivity contribution is -0.000363. The van der Waals surface area contributed by atoms with Gasteiger partial charge in [0.15, 0.2) is 4.80 Å². The van der Waals surface area contributed by atoms with Gasteiger partial charge in [-0.3, -0.25) is 4.99 Å². The molecule has 1 N–H and O–H groups in total. The Kier molecular flexibility index (Phi) is 3.08. The molecule has 1 heterocycles. The Labute approximate surface area is 124 Å². The van der Waals surface area contributed by atoms with E-state index in [1.165, 1.54) is 44.2 Å². The second-order valence-corrected chi connectivity index (χ2v) is 8.13. The van der Waals surface area contributed by atoms with Gasteiger partial charge < -0.3 is 9.67 Å². The first-order chi connectivity index (χ1) is 9.67. The molecule has 0 amide bonds. The average molecular weight is 292 g/mol. The van der Waals surface area contributed by atoms with Crippen molar-refractivity contribution < 1.29 is 5.11 Å². The molecule has 1 aromatic rings. The number of rotatable bonds is 3. The van der Waals surface area contributed by atoms with Gasteiger partial charge in [0, 0.05) is 31.1 Å². The SMILES string of the molecule is Cn1c(CCO)csc1=NC12CC3CC(CC(C3)C1)C2. The molecule has 0 spiro atoms. The lowest BCUT2D eigenvalue weighted by Gasteiger charge is -2.54. The topological polar surface area (TPSA) is 37.5 Å². The number of nitrogens with zero attached hydrogens (tertiary/aromatic N) is 2. The van der Waals surface area contributed by atoms with Crippen LogP contribution >= 0.6 is 11.3 Å². The van der Waals surface area contributed by atoms with Crippen molar-refractivity contribution >= 4 is 11.3 Å². The van der Waals surface area contributed by atoms with E-state index < -0.39 is 0 Å². The number of aliphatic hydroxyl groups excluding tert-OH is 1. The van der Waals surface area contributed by atoms with Crippen LogP contribution in [-0.4, -0.2) is 21.8 Å². The standard InChI is InChI=1S/C16H24N2OS/c1-18-14(2-3-19)10-20-15(18)17-16-7-11-4-12(8-16)6-13(5-11)9-16/h10-13,19H,2-9H2,1H3. The molecular formula is C16H24N2OS. The summed E-state index contributed by atoms with van der Waals surface area (Å²) in [5.74, 6) is 2.85. The van der Waals surface area contributed by atoms with E-state index in [1.807, 2.05) is 0 Å². The number of thiazole rings is 1. The maximum absolute atomic E-state index is 9.12. The second kappa shape index (κ2) is 4.70. The Bertz CT molecular complexity index is 536. The van der Waals surface area contributed by atoms with Crippen molar-refractivity contribution in [2.45, 2.75) is 50.5 Å². The van der Waals surface area contributed by atoms with Gasteiger partial charge in [0.2, 0.25) is 0 Å². The fraction of sp³-hybridized carbons (Fsp3) is 0.812. The molecule has 1 aromatic heterocycles. The fourth-order valence-electron chi connectivity index (χ4n) is 5.25. The smallest absolute Gasteiger partial charge is 0.185 e. The van der Waals surface area contributed by atoms with Crippen molar-refractivity contribution in [2.75, 3.05) is 6.61 Å². The molecule has 20 heavy (non-hydrogen) atoms. The normalized spacial score (nSPS) is 39.7. The number of hydrogen-bond acceptors (Lipinski definition) is 3. The molecule has 4 saturated carbocycles. The van der Waals surface area contributed by atoms with Crippen LogP contribution in [0.25, 0.3) is 0 Å². The molecule has 0 atom stereocenters. The highest BCUT2D eigenvalue weighted by molar-refractivity contribution is 7.07. The zero-order valence-electron chi connectivity index (χ0n) is 12.2. The molecule has 4 aliphatic rings. The lowest BCUT2D eigenvalue weighted by Crippen LogP contribution is -2.50. The third-order valence-electron chi connectivity index (χ3n) is 5.72. The van der Waals surface area contributed by atoms with Gasteiger partial charge in [-0.1, -0.05) is 0 Å². The minimum Gasteiger partial charge on any atom is -0.396 e. The first-order valence-corrected chi connectivity index (χ1v) is 8.85. The van der Waals surface area contributed by atoms with Crippen LogP contribution in [0.5, 0.6) is 0 Å². The highest BCUT2D eigenvalue weighted by Gasteiger charge is 2.51. The maximum Gasteiger partial charge on any atom is 0.185 e. The summed E-state index contributed by atoms with van der Waals surface area (Å²) in [7, 11) is 2.10. The zero-order valence-corrected chi connectivity index (χ0v) is 13.0. The molecular weight excluding hydrogens is 268 g/mol. The third kappa shape index (κ3) is 2.08. The zero-order chi connectivity index (χ0) is 13.7. The lowest BCUT2D eigenvalue weighted by atomic mass is 9.53. The summed E-state index contributed by atoms with van der Waals surface area (Å²) < 4.78 is 2.19. The summed E-state index contributed by atoms with van der Waals surface area (Å²) in [5, 5.41) is 11.3. The van der Waals surface area contributed by atoms with Crippen LogP contribution in [0, 0.1) is 17.8 Å². The second-order valence-electron chi connectivity index (χ2n) is 7.30. The van der Waals surface area contributed by atoms with Gasteiger partial charge >= 0.3 is 0 Å². The van der Waals surface area contributed by atoms with Crippen LogP contribution in [0.15, 0.2) is 10.4 Å². The summed E-state index contributed by atoms with van der Waals surface area (Å²) in [4.78, 5) is 6.42. The molecule has 4 bridgehead atoms. The Hall–Kier alpha value is -0.610. The molecule has 5 rings (SSSR count). The van der Waals surface area contributed by atoms with E-state index in [1.54, 1.807) is 11.3 Å². The van der Waals surface area contributed by atoms with E-state index in [0.717, 1.165) is 29.0 Å². The highest BCUT2D eigenvalue weighted by Crippen LogP contribution is 2.57. The number of aliphatic hydroxyl groups is 1. The van der Waals surface area contributed by atoms with Crippen LogP contribution in [0.3, 0.4) is 0 Å². The van der Waals surface area contributed by atoms with Crippen molar-refractivity contribution in [3.8, 4) is 0 Å². The van der Waals surface area contributed by atoms with Crippen molar-refractivity contribution in [2.24, 2.45) is 29.8 Å². The molecule has 0 aliphatic heterocycles. The van der Waals surface area contributed by atoms with Gasteiger partial charge in [-0.15, -0.1) is 11.3 Å². The van der Waals surface area contributed by atoms with Gasteiger partial charge in [-0.25, -0.2) is 0 Å². The average Bonchev–Trinajstić information content (AvgIpc) is 2.70. The Morgan fingerprint density at radius 1 is 1.25 bits per heavy atom. The maximum atomic E-state index is 9.12. The van der Waals surface area contributed by atoms with Crippen LogP contribution in [0.1, 0.15) is 44.2 Å². The van der Waals surface area contributed by atoms with Crippen molar-refractivity contribution in [1.82, 2.24) is 4.57 Å². The summed E-state index contributed by atoms with van der Waals surface area (Å²) in [6, 6.07) is 0. The fourth-order valence-corrected chi connectivity index (χ4v) is 6.29. The van der Waals surface area contributed by atoms with Crippen LogP contribution in [0.4, 0.5) is 0 Å². The minimum absolute atomic E-state index is 0.224. The third-order valence-corrected chi connectivity index (χ3v) is 6.69. The van der Waals surface area contributed by atoms with Gasteiger partial charge in [-0.2, -0.15) is 0 Å². The van der Waals surface area contributed by atoms with E-state index in [2.05, 4.69) is 17.0 Å². The molecule has 4 fully saturated rings. The Morgan fingerprint density at radius 3 is 2.40 bits per heavy atom. The van der Waals surface area contributed by atoms with Crippen LogP contribution in [-0.2, 0) is 13.5 Å². The van der Waals surface area contributed by atoms with Gasteiger partial charge in [0.1, 0.15) is 0 Å². The molecule has 4 heteroatoms. The first kappa shape index (κ1) is 13.1. The van der Waals surface area contributed by atoms with E-state index in [9.17, 15) is 0 Å². The molecule has 0 aromatic carbocycles. The Balaban J connectivity index is 1.69. The summed E-state index contributed by atoms with van der Waals surface area (Å²) in [6.07, 6.45) is 9.14. The molecule has 110 valence electrons. The van der Waals surface area contributed by atoms with E-state index in [-0.39, 0.29) is 12.1 Å². The summed E-state index contributed by atoms with van der Waals surface area (Å²) in [5.41, 5.74) is 1.47. The van der Waals surface area contributed by atoms with Crippen LogP contribution in [0.2, 0.25) is 0 Å². The quantitative estimate of drug-likeness (QED) is 0.913. The van der Waals surface area contributed by atoms with Gasteiger partial charge in [0.05, 0.1) is 5.54 Å². The monoisotopic (exact) mass is 292 g/mol. The van der Waals surface area contributed by atoms with E-state index in [4.69, 9.17) is 10.1 Å². The number of aromatic nitrogens is 1. The largest absolute Gasteiger partial charge is 0.396 e. The summed E-state index contributed by atoms with van der Waals surface area (Å²) in [6.45, 7) is 0.224. The van der Waals surface area contributed by atoms with Gasteiger partial charge in [-0.05, 0) is 56.3 Å². The molecule has 0 saturated heterocycles. The predicted octanol–water partition coefficient (Wildman–Crippen LogP) is 2.49. The minimum atomic E-state index is 0.224. The van der Waals surface area contributed by atoms with Gasteiger partial charge in [0.25, 0.3) is 0 Å². The van der Waals surface area contributed by atoms with Crippen LogP contribution < -0.4 is 4.80 Å². The van der Waals surface area contributed by atoms with E-state index in [0.29, 0.717) is 0 Å². The Morgan fingerprint density at radius 2 is 1.85 bits per heavy atom. The first-order valence-electron chi connectivity index (χ1n) is 7.97. The molecule has 4 aliphatic carbocycles. The van der Waals surface area contributed by atoms with E-state index >= 15 is 0 Å². The molecule has 3 nitrogen and oxygen atoms in total. The number of hydrogen-bond donors (Lipinski definition) is 1. The predicted molar refractivity (Wildman–Crippen MR) is 80.5 cm³/mol. The van der Waals surface area contributed by atoms with Crippen molar-refractivity contribution in [1.29, 1.82) is 0 Å². The van der Waals surface area contributed by atoms with Crippen molar-refractivity contribution in [3.63, 3.8) is 0 Å². The molecule has 0 unspecified atom stereocenters.